The van der Waals surface area contributed by atoms with Crippen LogP contribution in [0.15, 0.2) is 51.2 Å². The zero-order chi connectivity index (χ0) is 34.2. The highest BCUT2D eigenvalue weighted by Gasteiger charge is 2.53. The predicted octanol–water partition coefficient (Wildman–Crippen LogP) is -1.74. The number of aliphatic carboxylic acids is 2. The maximum Gasteiger partial charge on any atom is 0.352 e. The number of hydrogen-bond acceptors (Lipinski definition) is 17. The van der Waals surface area contributed by atoms with Crippen molar-refractivity contribution >= 4 is 81.1 Å². The van der Waals surface area contributed by atoms with E-state index in [1.54, 1.807) is 11.6 Å². The molecule has 0 aliphatic carbocycles. The summed E-state index contributed by atoms with van der Waals surface area (Å²) in [6, 6.07) is 3.43. The number of thiazole rings is 1. The number of nitrogen functional groups attached to an aromatic ring is 3. The zero-order valence-corrected chi connectivity index (χ0v) is 26.5. The number of hydrogen-bond donors (Lipinski definition) is 7. The van der Waals surface area contributed by atoms with E-state index in [9.17, 15) is 39.6 Å². The molecule has 2 aromatic heterocycles. The molecule has 2 aliphatic rings. The minimum atomic E-state index is -1.83. The van der Waals surface area contributed by atoms with Gasteiger partial charge in [0.15, 0.2) is 22.3 Å². The SMILES string of the molecule is C[n+]1c(N)cc(N)nc1SCC1=C(C(=O)[O-])N2C(=O)C(NC(=O)/C(=N\OC(C(=O)O)c3ccc(O)c(O)c3)c3csc(N)n3)C2SC1. The number of anilines is 3. The van der Waals surface area contributed by atoms with Gasteiger partial charge in [0, 0.05) is 22.4 Å². The summed E-state index contributed by atoms with van der Waals surface area (Å²) in [5.74, 6) is -5.16. The Kier molecular flexibility index (Phi) is 9.31. The Hall–Kier alpha value is -5.28. The molecule has 0 radical (unpaired) electrons. The molecule has 4 heterocycles. The molecule has 0 saturated carbocycles. The quantitative estimate of drug-likeness (QED) is 0.0222. The fourth-order valence-electron chi connectivity index (χ4n) is 4.51. The van der Waals surface area contributed by atoms with Crippen LogP contribution in [0.4, 0.5) is 16.8 Å². The number of nitrogens with zero attached hydrogens (tertiary/aromatic N) is 5. The van der Waals surface area contributed by atoms with Crippen LogP contribution >= 0.6 is 34.9 Å². The van der Waals surface area contributed by atoms with Crippen LogP contribution in [0.5, 0.6) is 11.5 Å². The van der Waals surface area contributed by atoms with E-state index < -0.39 is 58.5 Å². The number of rotatable bonds is 11. The lowest BCUT2D eigenvalue weighted by atomic mass is 10.0. The number of carbonyl (C=O) groups is 4. The van der Waals surface area contributed by atoms with Gasteiger partial charge < -0.3 is 52.6 Å². The number of oxime groups is 1. The highest BCUT2D eigenvalue weighted by atomic mass is 32.2. The summed E-state index contributed by atoms with van der Waals surface area (Å²) in [6.07, 6.45) is -1.83. The second-order valence-corrected chi connectivity index (χ2v) is 12.9. The number of phenols is 2. The van der Waals surface area contributed by atoms with Gasteiger partial charge in [-0.05, 0) is 29.5 Å². The number of carboxylic acid groups (broad SMARTS) is 2. The number of carboxylic acids is 2. The molecule has 47 heavy (non-hydrogen) atoms. The lowest BCUT2D eigenvalue weighted by Gasteiger charge is -2.50. The second kappa shape index (κ2) is 13.2. The number of β-lactam (4-membered cyclic amide) rings is 1. The molecule has 2 amide bonds. The summed E-state index contributed by atoms with van der Waals surface area (Å²) in [6.45, 7) is 0. The minimum absolute atomic E-state index is 0.0475. The molecule has 3 unspecified atom stereocenters. The standard InChI is InChI=1S/C26H25N9O9S3/c1-34-15(28)5-14(27)31-26(34)47-7-10-6-45-22-17(21(39)35(22)18(10)23(40)41)32-20(38)16(11-8-46-25(29)30-11)33-44-19(24(42)43)9-2-3-12(36)13(37)4-9/h2-5,8,17,19,22H,6-7H2,1H3,(H10,27,28,29,30,32,33,36,37,38,40,41,42,43). The number of fused-ring (bicyclic) bond motifs is 1. The molecule has 21 heteroatoms. The van der Waals surface area contributed by atoms with Crippen molar-refractivity contribution in [3.05, 3.63) is 52.2 Å². The van der Waals surface area contributed by atoms with Gasteiger partial charge in [-0.1, -0.05) is 16.2 Å². The smallest absolute Gasteiger partial charge is 0.352 e. The van der Waals surface area contributed by atoms with Gasteiger partial charge in [-0.15, -0.1) is 23.1 Å². The first-order valence-corrected chi connectivity index (χ1v) is 16.1. The van der Waals surface area contributed by atoms with Gasteiger partial charge in [-0.2, -0.15) is 0 Å². The normalized spacial score (nSPS) is 18.3. The van der Waals surface area contributed by atoms with Crippen LogP contribution < -0.4 is 32.2 Å². The van der Waals surface area contributed by atoms with Gasteiger partial charge in [-0.25, -0.2) is 14.3 Å². The predicted molar refractivity (Wildman–Crippen MR) is 166 cm³/mol. The summed E-state index contributed by atoms with van der Waals surface area (Å²) in [5.41, 5.74) is 16.7. The molecule has 2 aliphatic heterocycles. The second-order valence-electron chi connectivity index (χ2n) is 9.92. The average Bonchev–Trinajstić information content (AvgIpc) is 3.45. The van der Waals surface area contributed by atoms with Gasteiger partial charge in [0.2, 0.25) is 17.7 Å². The Morgan fingerprint density at radius 3 is 2.62 bits per heavy atom. The highest BCUT2D eigenvalue weighted by Crippen LogP contribution is 2.41. The van der Waals surface area contributed by atoms with Crippen LogP contribution in [0.2, 0.25) is 0 Å². The molecule has 0 spiro atoms. The van der Waals surface area contributed by atoms with Crippen molar-refractivity contribution in [2.75, 3.05) is 28.7 Å². The number of benzene rings is 1. The number of nitrogens with two attached hydrogens (primary N) is 3. The third-order valence-corrected chi connectivity index (χ3v) is 9.98. The van der Waals surface area contributed by atoms with E-state index in [1.807, 2.05) is 0 Å². The van der Waals surface area contributed by atoms with E-state index in [4.69, 9.17) is 22.0 Å². The van der Waals surface area contributed by atoms with E-state index in [1.165, 1.54) is 29.3 Å². The van der Waals surface area contributed by atoms with Crippen LogP contribution in [-0.4, -0.2) is 82.6 Å². The van der Waals surface area contributed by atoms with Crippen molar-refractivity contribution in [1.29, 1.82) is 0 Å². The first kappa shape index (κ1) is 33.1. The summed E-state index contributed by atoms with van der Waals surface area (Å²) < 4.78 is 1.57. The van der Waals surface area contributed by atoms with E-state index in [0.717, 1.165) is 40.1 Å². The van der Waals surface area contributed by atoms with Gasteiger partial charge >= 0.3 is 11.1 Å². The summed E-state index contributed by atoms with van der Waals surface area (Å²) in [5, 5.41) is 48.5. The number of aromatic hydroxyl groups is 2. The molecule has 246 valence electrons. The Balaban J connectivity index is 1.36. The van der Waals surface area contributed by atoms with Crippen molar-refractivity contribution in [1.82, 2.24) is 20.2 Å². The van der Waals surface area contributed by atoms with E-state index >= 15 is 0 Å². The summed E-state index contributed by atoms with van der Waals surface area (Å²) >= 11 is 3.32. The third-order valence-electron chi connectivity index (χ3n) is 6.85. The molecule has 1 fully saturated rings. The molecule has 1 aromatic carbocycles. The summed E-state index contributed by atoms with van der Waals surface area (Å²) in [4.78, 5) is 65.3. The Labute approximate surface area is 276 Å². The number of carbonyl (C=O) groups excluding carboxylic acids is 3. The Morgan fingerprint density at radius 1 is 1.23 bits per heavy atom. The van der Waals surface area contributed by atoms with Gasteiger partial charge in [-0.3, -0.25) is 14.5 Å². The molecule has 1 saturated heterocycles. The lowest BCUT2D eigenvalue weighted by Crippen LogP contribution is -2.71. The molecule has 0 bridgehead atoms. The van der Waals surface area contributed by atoms with Gasteiger partial charge in [0.05, 0.1) is 24.8 Å². The Morgan fingerprint density at radius 2 is 1.98 bits per heavy atom. The largest absolute Gasteiger partial charge is 0.543 e. The Bertz CT molecular complexity index is 1870. The van der Waals surface area contributed by atoms with E-state index in [2.05, 4.69) is 20.4 Å². The van der Waals surface area contributed by atoms with Crippen LogP contribution in [0, 0.1) is 0 Å². The monoisotopic (exact) mass is 703 g/mol. The fraction of sp³-hybridized carbons (Fsp3) is 0.231. The minimum Gasteiger partial charge on any atom is -0.543 e. The van der Waals surface area contributed by atoms with E-state index in [0.29, 0.717) is 16.5 Å². The van der Waals surface area contributed by atoms with Crippen LogP contribution in [0.25, 0.3) is 0 Å². The molecular formula is C26H25N9O9S3. The fourth-order valence-corrected chi connectivity index (χ4v) is 7.54. The first-order valence-electron chi connectivity index (χ1n) is 13.2. The van der Waals surface area contributed by atoms with Crippen molar-refractivity contribution in [3.8, 4) is 11.5 Å². The lowest BCUT2D eigenvalue weighted by molar-refractivity contribution is -0.698. The van der Waals surface area contributed by atoms with E-state index in [-0.39, 0.29) is 39.4 Å². The number of nitrogens with one attached hydrogen (secondary N) is 1. The van der Waals surface area contributed by atoms with Gasteiger partial charge in [0.1, 0.15) is 17.1 Å². The first-order chi connectivity index (χ1) is 22.3. The molecule has 3 aromatic rings. The number of amides is 2. The molecule has 18 nitrogen and oxygen atoms in total. The number of thioether (sulfide) groups is 2. The summed E-state index contributed by atoms with van der Waals surface area (Å²) in [7, 11) is 1.67. The maximum atomic E-state index is 13.4. The highest BCUT2D eigenvalue weighted by molar-refractivity contribution is 8.01. The molecular weight excluding hydrogens is 679 g/mol. The van der Waals surface area contributed by atoms with Crippen LogP contribution in [0.1, 0.15) is 17.4 Å². The van der Waals surface area contributed by atoms with Crippen molar-refractivity contribution in [3.63, 3.8) is 0 Å². The molecule has 10 N–H and O–H groups in total. The van der Waals surface area contributed by atoms with Crippen molar-refractivity contribution < 1.29 is 49.0 Å². The maximum absolute atomic E-state index is 13.4. The zero-order valence-electron chi connectivity index (χ0n) is 24.0. The third kappa shape index (κ3) is 6.66. The van der Waals surface area contributed by atoms with Crippen LogP contribution in [-0.2, 0) is 31.1 Å². The van der Waals surface area contributed by atoms with Crippen molar-refractivity contribution in [2.24, 2.45) is 12.2 Å². The average molecular weight is 704 g/mol. The molecule has 5 rings (SSSR count). The molecule has 3 atom stereocenters. The van der Waals surface area contributed by atoms with Crippen LogP contribution in [0.3, 0.4) is 0 Å². The van der Waals surface area contributed by atoms with Gasteiger partial charge in [0.25, 0.3) is 11.8 Å². The van der Waals surface area contributed by atoms with Crippen molar-refractivity contribution in [2.45, 2.75) is 22.7 Å². The number of aromatic nitrogens is 3. The topological polar surface area (TPSA) is 297 Å². The number of phenolic OH excluding ortho intramolecular Hbond substituents is 2.